The first-order valence-electron chi connectivity index (χ1n) is 8.15. The quantitative estimate of drug-likeness (QED) is 0.798. The van der Waals surface area contributed by atoms with Gasteiger partial charge in [-0.05, 0) is 44.4 Å². The second kappa shape index (κ2) is 6.90. The molecule has 0 radical (unpaired) electrons. The Kier molecular flexibility index (Phi) is 4.69. The highest BCUT2D eigenvalue weighted by Gasteiger charge is 2.31. The van der Waals surface area contributed by atoms with Gasteiger partial charge in [0.05, 0.1) is 18.0 Å². The lowest BCUT2D eigenvalue weighted by Gasteiger charge is -2.30. The molecule has 1 aliphatic heterocycles. The number of esters is 1. The molecule has 0 bridgehead atoms. The summed E-state index contributed by atoms with van der Waals surface area (Å²) in [4.78, 5) is 30.5. The van der Waals surface area contributed by atoms with Crippen LogP contribution in [-0.4, -0.2) is 51.7 Å². The van der Waals surface area contributed by atoms with Gasteiger partial charge in [-0.15, -0.1) is 10.2 Å². The molecule has 1 aromatic heterocycles. The number of hydrogen-bond donors (Lipinski definition) is 0. The number of fused-ring (bicyclic) bond motifs is 1. The van der Waals surface area contributed by atoms with Gasteiger partial charge in [-0.3, -0.25) is 9.59 Å². The Morgan fingerprint density at radius 3 is 2.92 bits per heavy atom. The van der Waals surface area contributed by atoms with E-state index in [-0.39, 0.29) is 23.6 Å². The topological polar surface area (TPSA) is 85.3 Å². The van der Waals surface area contributed by atoms with Crippen molar-refractivity contribution in [2.75, 3.05) is 19.7 Å². The summed E-state index contributed by atoms with van der Waals surface area (Å²) in [6.07, 6.45) is 1.49. The fourth-order valence-electron chi connectivity index (χ4n) is 2.89. The Balaban J connectivity index is 1.79. The minimum atomic E-state index is -0.292. The fraction of sp³-hybridized carbons (Fsp3) is 0.471. The number of nitrogens with zero attached hydrogens (tertiary/aromatic N) is 4. The third kappa shape index (κ3) is 3.34. The van der Waals surface area contributed by atoms with Gasteiger partial charge in [0, 0.05) is 13.1 Å². The van der Waals surface area contributed by atoms with E-state index in [2.05, 4.69) is 15.2 Å². The van der Waals surface area contributed by atoms with Crippen LogP contribution in [0.5, 0.6) is 0 Å². The Labute approximate surface area is 140 Å². The number of benzene rings is 1. The Morgan fingerprint density at radius 1 is 1.29 bits per heavy atom. The van der Waals surface area contributed by atoms with Crippen LogP contribution in [0.4, 0.5) is 0 Å². The van der Waals surface area contributed by atoms with E-state index in [1.165, 1.54) is 0 Å². The average molecular weight is 328 g/mol. The van der Waals surface area contributed by atoms with E-state index in [4.69, 9.17) is 4.74 Å². The van der Waals surface area contributed by atoms with Crippen molar-refractivity contribution < 1.29 is 14.3 Å². The largest absolute Gasteiger partial charge is 0.466 e. The van der Waals surface area contributed by atoms with E-state index in [9.17, 15) is 9.59 Å². The summed E-state index contributed by atoms with van der Waals surface area (Å²) in [6, 6.07) is 5.63. The molecule has 3 rings (SSSR count). The van der Waals surface area contributed by atoms with Crippen LogP contribution in [0.2, 0.25) is 0 Å². The van der Waals surface area contributed by atoms with Gasteiger partial charge in [0.1, 0.15) is 5.52 Å². The number of carbonyl (C=O) groups excluding carboxylic acids is 2. The maximum Gasteiger partial charge on any atom is 0.310 e. The number of amides is 1. The molecule has 2 aromatic rings. The molecule has 0 aliphatic carbocycles. The molecule has 1 unspecified atom stereocenters. The number of likely N-dealkylation sites (tertiary alicyclic amines) is 1. The van der Waals surface area contributed by atoms with E-state index in [1.54, 1.807) is 11.8 Å². The van der Waals surface area contributed by atoms with Crippen LogP contribution in [0.3, 0.4) is 0 Å². The Hall–Kier alpha value is -2.57. The van der Waals surface area contributed by atoms with Crippen LogP contribution in [0.25, 0.3) is 11.0 Å². The summed E-state index contributed by atoms with van der Waals surface area (Å²) in [5.74, 6) is -0.751. The summed E-state index contributed by atoms with van der Waals surface area (Å²) in [7, 11) is 0. The molecule has 0 spiro atoms. The van der Waals surface area contributed by atoms with Crippen molar-refractivity contribution in [3.05, 3.63) is 29.6 Å². The van der Waals surface area contributed by atoms with Gasteiger partial charge in [-0.25, -0.2) is 4.98 Å². The van der Waals surface area contributed by atoms with Gasteiger partial charge in [0.15, 0.2) is 0 Å². The van der Waals surface area contributed by atoms with Gasteiger partial charge >= 0.3 is 5.97 Å². The highest BCUT2D eigenvalue weighted by Crippen LogP contribution is 2.19. The minimum absolute atomic E-state index is 0.0672. The van der Waals surface area contributed by atoms with Crippen LogP contribution in [-0.2, 0) is 9.53 Å². The van der Waals surface area contributed by atoms with Crippen molar-refractivity contribution in [1.29, 1.82) is 0 Å². The molecule has 1 fully saturated rings. The average Bonchev–Trinajstić information content (AvgIpc) is 2.60. The predicted molar refractivity (Wildman–Crippen MR) is 87.3 cm³/mol. The van der Waals surface area contributed by atoms with Gasteiger partial charge < -0.3 is 9.64 Å². The summed E-state index contributed by atoms with van der Waals surface area (Å²) < 4.78 is 5.07. The van der Waals surface area contributed by atoms with Crippen molar-refractivity contribution in [3.8, 4) is 0 Å². The lowest BCUT2D eigenvalue weighted by Crippen LogP contribution is -2.43. The lowest BCUT2D eigenvalue weighted by molar-refractivity contribution is -0.149. The van der Waals surface area contributed by atoms with Crippen molar-refractivity contribution in [2.24, 2.45) is 5.92 Å². The Bertz CT molecular complexity index is 778. The smallest absolute Gasteiger partial charge is 0.310 e. The number of aromatic nitrogens is 3. The molecule has 1 aliphatic rings. The molecule has 1 saturated heterocycles. The zero-order valence-corrected chi connectivity index (χ0v) is 13.9. The summed E-state index contributed by atoms with van der Waals surface area (Å²) >= 11 is 0. The van der Waals surface area contributed by atoms with Gasteiger partial charge in [0.2, 0.25) is 5.82 Å². The first-order valence-corrected chi connectivity index (χ1v) is 8.15. The molecular formula is C17H20N4O3. The fourth-order valence-corrected chi connectivity index (χ4v) is 2.89. The van der Waals surface area contributed by atoms with E-state index in [0.717, 1.165) is 18.4 Å². The minimum Gasteiger partial charge on any atom is -0.466 e. The number of ether oxygens (including phenoxy) is 1. The van der Waals surface area contributed by atoms with Gasteiger partial charge in [-0.2, -0.15) is 0 Å². The molecular weight excluding hydrogens is 308 g/mol. The highest BCUT2D eigenvalue weighted by molar-refractivity contribution is 5.92. The molecule has 2 heterocycles. The molecule has 0 N–H and O–H groups in total. The summed E-state index contributed by atoms with van der Waals surface area (Å²) in [5, 5.41) is 8.02. The summed E-state index contributed by atoms with van der Waals surface area (Å²) in [6.45, 7) is 5.01. The van der Waals surface area contributed by atoms with E-state index >= 15 is 0 Å². The molecule has 1 aromatic carbocycles. The van der Waals surface area contributed by atoms with Crippen LogP contribution in [0, 0.1) is 12.8 Å². The maximum absolute atomic E-state index is 12.7. The first kappa shape index (κ1) is 16.3. The number of hydrogen-bond acceptors (Lipinski definition) is 6. The van der Waals surface area contributed by atoms with Crippen molar-refractivity contribution in [1.82, 2.24) is 20.1 Å². The molecule has 7 heteroatoms. The predicted octanol–water partition coefficient (Wildman–Crippen LogP) is 1.75. The van der Waals surface area contributed by atoms with Gasteiger partial charge in [0.25, 0.3) is 5.91 Å². The SMILES string of the molecule is CCOC(=O)C1CCCN(C(=O)c2nnc3ccc(C)cc3n2)C1. The molecule has 24 heavy (non-hydrogen) atoms. The first-order chi connectivity index (χ1) is 11.6. The molecule has 7 nitrogen and oxygen atoms in total. The van der Waals surface area contributed by atoms with Crippen LogP contribution in [0.15, 0.2) is 18.2 Å². The normalized spacial score (nSPS) is 17.8. The second-order valence-electron chi connectivity index (χ2n) is 5.97. The second-order valence-corrected chi connectivity index (χ2v) is 5.97. The number of carbonyl (C=O) groups is 2. The zero-order valence-electron chi connectivity index (χ0n) is 13.9. The molecule has 126 valence electrons. The van der Waals surface area contributed by atoms with Crippen molar-refractivity contribution in [3.63, 3.8) is 0 Å². The van der Waals surface area contributed by atoms with Crippen molar-refractivity contribution >= 4 is 22.9 Å². The van der Waals surface area contributed by atoms with E-state index in [1.807, 2.05) is 25.1 Å². The molecule has 1 amide bonds. The number of aryl methyl sites for hydroxylation is 1. The monoisotopic (exact) mass is 328 g/mol. The molecule has 1 atom stereocenters. The standard InChI is InChI=1S/C17H20N4O3/c1-3-24-17(23)12-5-4-8-21(10-12)16(22)15-18-14-9-11(2)6-7-13(14)19-20-15/h6-7,9,12H,3-5,8,10H2,1-2H3. The maximum atomic E-state index is 12.7. The third-order valence-corrected chi connectivity index (χ3v) is 4.13. The van der Waals surface area contributed by atoms with Crippen LogP contribution >= 0.6 is 0 Å². The lowest BCUT2D eigenvalue weighted by atomic mass is 9.98. The van der Waals surface area contributed by atoms with Crippen molar-refractivity contribution in [2.45, 2.75) is 26.7 Å². The van der Waals surface area contributed by atoms with E-state index in [0.29, 0.717) is 30.7 Å². The van der Waals surface area contributed by atoms with Crippen LogP contribution < -0.4 is 0 Å². The van der Waals surface area contributed by atoms with E-state index < -0.39 is 0 Å². The van der Waals surface area contributed by atoms with Gasteiger partial charge in [-0.1, -0.05) is 6.07 Å². The highest BCUT2D eigenvalue weighted by atomic mass is 16.5. The molecule has 0 saturated carbocycles. The number of piperidine rings is 1. The third-order valence-electron chi connectivity index (χ3n) is 4.13. The number of rotatable bonds is 3. The van der Waals surface area contributed by atoms with Crippen LogP contribution in [0.1, 0.15) is 35.9 Å². The Morgan fingerprint density at radius 2 is 2.12 bits per heavy atom. The summed E-state index contributed by atoms with van der Waals surface area (Å²) in [5.41, 5.74) is 2.34. The zero-order chi connectivity index (χ0) is 17.1.